The Bertz CT molecular complexity index is 2800. The summed E-state index contributed by atoms with van der Waals surface area (Å²) in [5.74, 6) is -5.95. The summed E-state index contributed by atoms with van der Waals surface area (Å²) in [6, 6.07) is -2.18. The summed E-state index contributed by atoms with van der Waals surface area (Å²) in [7, 11) is 5.16. The van der Waals surface area contributed by atoms with Crippen LogP contribution in [-0.4, -0.2) is 248 Å². The molecule has 6 heterocycles. The highest BCUT2D eigenvalue weighted by Crippen LogP contribution is 2.41. The number of nitrogens with zero attached hydrogens (tertiary/aromatic N) is 3. The van der Waals surface area contributed by atoms with Crippen LogP contribution in [0.2, 0.25) is 0 Å². The summed E-state index contributed by atoms with van der Waals surface area (Å²) in [5, 5.41) is 79.7. The van der Waals surface area contributed by atoms with Crippen molar-refractivity contribution in [1.82, 2.24) is 30.7 Å². The monoisotopic (exact) mass is 1360 g/mol. The molecule has 3 amide bonds. The van der Waals surface area contributed by atoms with E-state index in [9.17, 15) is 59.4 Å². The molecule has 23 atom stereocenters. The van der Waals surface area contributed by atoms with Gasteiger partial charge in [0.25, 0.3) is 5.91 Å². The molecule has 95 heavy (non-hydrogen) atoms. The molecule has 5 aliphatic heterocycles. The lowest BCUT2D eigenvalue weighted by Gasteiger charge is -2.49. The number of allylic oxidation sites excluding steroid dienone is 2. The van der Waals surface area contributed by atoms with E-state index in [4.69, 9.17) is 37.6 Å². The number of fused-ring (bicyclic) bond motifs is 3. The maximum atomic E-state index is 14.6. The smallest absolute Gasteiger partial charge is 0.330 e. The van der Waals surface area contributed by atoms with Crippen LogP contribution in [0.3, 0.4) is 0 Å². The maximum absolute atomic E-state index is 14.6. The Kier molecular flexibility index (Phi) is 29.5. The van der Waals surface area contributed by atoms with Crippen molar-refractivity contribution in [3.8, 4) is 0 Å². The number of hydrogen-bond donors (Lipinski definition) is 9. The van der Waals surface area contributed by atoms with E-state index in [0.29, 0.717) is 24.8 Å². The molecule has 6 rings (SSSR count). The van der Waals surface area contributed by atoms with E-state index in [2.05, 4.69) is 20.9 Å². The first-order valence-corrected chi connectivity index (χ1v) is 34.8. The lowest BCUT2D eigenvalue weighted by Crippen LogP contribution is -2.61. The fraction of sp³-hybridized carbons (Fsp3) is 0.779. The molecular weight excluding hydrogens is 1250 g/mol. The molecule has 1 aromatic heterocycles. The number of ketones is 1. The topological polar surface area (TPSA) is 357 Å². The second kappa shape index (κ2) is 35.4. The first kappa shape index (κ1) is 79.3. The molecule has 27 heteroatoms. The third kappa shape index (κ3) is 21.2. The van der Waals surface area contributed by atoms with Crippen molar-refractivity contribution in [1.29, 1.82) is 0 Å². The number of likely N-dealkylation sites (N-methyl/N-ethyl adjacent to an activating group) is 1. The Labute approximate surface area is 564 Å². The van der Waals surface area contributed by atoms with Crippen LogP contribution >= 0.6 is 11.8 Å². The third-order valence-electron chi connectivity index (χ3n) is 19.6. The average Bonchev–Trinajstić information content (AvgIpc) is 1.01. The molecule has 0 radical (unpaired) electrons. The van der Waals surface area contributed by atoms with Gasteiger partial charge in [0, 0.05) is 87.5 Å². The van der Waals surface area contributed by atoms with Crippen LogP contribution in [0.4, 0.5) is 0 Å². The number of ether oxygens (including phenoxy) is 7. The minimum Gasteiger partial charge on any atom is -0.460 e. The number of aliphatic hydroxyl groups is 6. The number of rotatable bonds is 16. The van der Waals surface area contributed by atoms with E-state index in [0.717, 1.165) is 6.26 Å². The number of carbonyl (C=O) groups excluding carboxylic acids is 6. The number of hydrogen-bond acceptors (Lipinski definition) is 24. The molecule has 2 bridgehead atoms. The lowest BCUT2D eigenvalue weighted by molar-refractivity contribution is -0.318. The SMILES string of the molecule is CC[C@H]1OC(=O)C2C(SCCC(=O)NCCN[C@@H]3C[C@@H](O)[C@](C)(O)[C@@H](CC)OC(=O)[C@H](C)[C@@H](OC4CC(C)(OC)C(O)C(C)O4)C(C)[C@@H](OC4OC(C)CC(N(C)C)C4O)[C@](C)(O)C[C@H]3C)CCN2C(=O)c2coc(n2)CC(=O)C[C@H](O)/C=C(C)/C=C/CNC(=O)/C=C/[C@H]1C. The van der Waals surface area contributed by atoms with Crippen LogP contribution in [0.15, 0.2) is 46.6 Å². The Hall–Kier alpha value is -4.72. The van der Waals surface area contributed by atoms with Gasteiger partial charge in [-0.05, 0) is 113 Å². The Morgan fingerprint density at radius 2 is 1.63 bits per heavy atom. The normalized spacial score (nSPS) is 40.2. The van der Waals surface area contributed by atoms with Crippen molar-refractivity contribution >= 4 is 47.2 Å². The van der Waals surface area contributed by atoms with Crippen molar-refractivity contribution in [2.24, 2.45) is 23.7 Å². The van der Waals surface area contributed by atoms with Crippen LogP contribution < -0.4 is 16.0 Å². The van der Waals surface area contributed by atoms with E-state index in [1.165, 1.54) is 42.8 Å². The summed E-state index contributed by atoms with van der Waals surface area (Å²) in [4.78, 5) is 90.3. The molecule has 0 aliphatic carbocycles. The minimum absolute atomic E-state index is 0.0101. The number of aromatic nitrogens is 1. The van der Waals surface area contributed by atoms with Crippen LogP contribution in [-0.2, 0) is 63.6 Å². The molecule has 1 aromatic rings. The number of nitrogens with one attached hydrogen (secondary N) is 3. The quantitative estimate of drug-likeness (QED) is 0.0845. The first-order valence-electron chi connectivity index (χ1n) is 33.8. The van der Waals surface area contributed by atoms with Crippen LogP contribution in [0.25, 0.3) is 0 Å². The predicted octanol–water partition coefficient (Wildman–Crippen LogP) is 3.45. The zero-order valence-corrected chi connectivity index (χ0v) is 59.1. The number of methoxy groups -OCH3 is 1. The summed E-state index contributed by atoms with van der Waals surface area (Å²) in [5.41, 5.74) is -4.39. The molecule has 538 valence electrons. The fourth-order valence-electron chi connectivity index (χ4n) is 13.8. The maximum Gasteiger partial charge on any atom is 0.330 e. The van der Waals surface area contributed by atoms with Gasteiger partial charge in [-0.3, -0.25) is 24.0 Å². The average molecular weight is 1360 g/mol. The lowest BCUT2D eigenvalue weighted by atomic mass is 9.75. The number of oxazole rings is 1. The van der Waals surface area contributed by atoms with Gasteiger partial charge in [0.15, 0.2) is 18.3 Å². The predicted molar refractivity (Wildman–Crippen MR) is 352 cm³/mol. The number of carbonyl (C=O) groups is 6. The van der Waals surface area contributed by atoms with Crippen molar-refractivity contribution in [3.63, 3.8) is 0 Å². The van der Waals surface area contributed by atoms with Crippen molar-refractivity contribution in [3.05, 3.63) is 53.8 Å². The molecule has 0 spiro atoms. The number of thioether (sulfide) groups is 1. The molecule has 4 fully saturated rings. The number of aliphatic hydroxyl groups excluding tert-OH is 4. The van der Waals surface area contributed by atoms with Crippen molar-refractivity contribution in [2.45, 2.75) is 261 Å². The molecular formula is C68H110N6O20S. The van der Waals surface area contributed by atoms with E-state index in [1.807, 2.05) is 46.7 Å². The second-order valence-electron chi connectivity index (χ2n) is 27.7. The van der Waals surface area contributed by atoms with Gasteiger partial charge >= 0.3 is 11.9 Å². The number of amides is 3. The van der Waals surface area contributed by atoms with E-state index in [1.54, 1.807) is 66.7 Å². The zero-order valence-electron chi connectivity index (χ0n) is 58.3. The van der Waals surface area contributed by atoms with Gasteiger partial charge in [-0.1, -0.05) is 64.5 Å². The summed E-state index contributed by atoms with van der Waals surface area (Å²) < 4.78 is 49.8. The van der Waals surface area contributed by atoms with Crippen LogP contribution in [0.5, 0.6) is 0 Å². The van der Waals surface area contributed by atoms with E-state index < -0.39 is 149 Å². The molecule has 26 nitrogen and oxygen atoms in total. The first-order chi connectivity index (χ1) is 44.6. The highest BCUT2D eigenvalue weighted by Gasteiger charge is 2.53. The molecule has 9 N–H and O–H groups in total. The highest BCUT2D eigenvalue weighted by molar-refractivity contribution is 8.00. The van der Waals surface area contributed by atoms with Gasteiger partial charge < -0.3 is 94.0 Å². The fourth-order valence-corrected chi connectivity index (χ4v) is 15.1. The van der Waals surface area contributed by atoms with E-state index in [-0.39, 0.29) is 112 Å². The third-order valence-corrected chi connectivity index (χ3v) is 21.0. The molecule has 4 saturated heterocycles. The Morgan fingerprint density at radius 1 is 0.916 bits per heavy atom. The zero-order chi connectivity index (χ0) is 70.4. The van der Waals surface area contributed by atoms with Gasteiger partial charge in [0.05, 0.1) is 60.2 Å². The van der Waals surface area contributed by atoms with Crippen LogP contribution in [0.1, 0.15) is 157 Å². The van der Waals surface area contributed by atoms with Crippen LogP contribution in [0, 0.1) is 23.7 Å². The number of esters is 2. The number of Topliss-reactive ketones (excluding diaryl/α,β-unsaturated/α-hetero) is 1. The Morgan fingerprint density at radius 3 is 2.31 bits per heavy atom. The molecule has 11 unspecified atom stereocenters. The van der Waals surface area contributed by atoms with Gasteiger partial charge in [-0.2, -0.15) is 11.8 Å². The van der Waals surface area contributed by atoms with Gasteiger partial charge in [-0.15, -0.1) is 0 Å². The summed E-state index contributed by atoms with van der Waals surface area (Å²) in [6.45, 7) is 21.2. The highest BCUT2D eigenvalue weighted by atomic mass is 32.2. The minimum atomic E-state index is -2.00. The van der Waals surface area contributed by atoms with Crippen molar-refractivity contribution in [2.75, 3.05) is 53.1 Å². The number of cyclic esters (lactones) is 2. The summed E-state index contributed by atoms with van der Waals surface area (Å²) in [6.07, 6.45) is -2.73. The molecule has 0 aromatic carbocycles. The molecule has 5 aliphatic rings. The van der Waals surface area contributed by atoms with Gasteiger partial charge in [0.1, 0.15) is 48.1 Å². The summed E-state index contributed by atoms with van der Waals surface area (Å²) >= 11 is 1.33. The molecule has 0 saturated carbocycles. The van der Waals surface area contributed by atoms with Crippen molar-refractivity contribution < 1.29 is 97.0 Å². The standard InChI is InChI=1S/C68H110N6O20S/c1-16-49-38(4)20-21-53(78)70-24-18-19-37(3)29-44(75)31-45(76)32-55-72-47(36-88-55)62(82)74-27-22-50(57(74)64(84)91-49)95-28-23-54(79)71-26-25-69-46-33-51(77)68(12,86)52(17-2)92-63(83)42(8)59(93-56-35-67(11,87-15)60(81)43(9)90-56)41(7)61(66(10,85)34-39(46)5)94-65-58(80)48(73(13)14)30-40(6)89-65/h18-21,29,36,38-44,46,48-52,56-61,65,69,75,77,80-81,85-86H,16-17,22-28,30-35H2,1-15H3,(H,70,78)(H,71,79)/b19-18+,21-20+,37-29+/t38-,39-,40?,41?,42-,43?,44-,46-,48?,49-,50?,51-,52-,56?,57?,58?,59+,60?,61-,65?,66-,67?,68+/m1/s1. The van der Waals surface area contributed by atoms with Gasteiger partial charge in [0.2, 0.25) is 17.7 Å². The second-order valence-corrected chi connectivity index (χ2v) is 29.1. The van der Waals surface area contributed by atoms with E-state index >= 15 is 0 Å². The largest absolute Gasteiger partial charge is 0.460 e. The Balaban J connectivity index is 1.19. The van der Waals surface area contributed by atoms with Gasteiger partial charge in [-0.25, -0.2) is 9.78 Å².